The predicted molar refractivity (Wildman–Crippen MR) is 75.1 cm³/mol. The van der Waals surface area contributed by atoms with Gasteiger partial charge in [-0.3, -0.25) is 10.2 Å². The number of carbonyl (C=O) groups excluding carboxylic acids is 1. The van der Waals surface area contributed by atoms with Gasteiger partial charge in [0.05, 0.1) is 0 Å². The minimum atomic E-state index is -0.958. The lowest BCUT2D eigenvalue weighted by Gasteiger charge is -2.39. The Morgan fingerprint density at radius 1 is 1.20 bits per heavy atom. The van der Waals surface area contributed by atoms with E-state index in [1.807, 2.05) is 5.01 Å². The molecule has 1 saturated carbocycles. The lowest BCUT2D eigenvalue weighted by Crippen LogP contribution is -2.58. The van der Waals surface area contributed by atoms with E-state index in [4.69, 9.17) is 5.11 Å². The summed E-state index contributed by atoms with van der Waals surface area (Å²) in [6.45, 7) is 4.52. The molecule has 0 aromatic carbocycles. The number of amides is 2. The summed E-state index contributed by atoms with van der Waals surface area (Å²) in [5, 5.41) is 10.9. The van der Waals surface area contributed by atoms with Crippen LogP contribution in [0.1, 0.15) is 46.0 Å². The number of hydrogen-bond donors (Lipinski definition) is 2. The van der Waals surface area contributed by atoms with E-state index in [-0.39, 0.29) is 12.6 Å². The summed E-state index contributed by atoms with van der Waals surface area (Å²) >= 11 is 0. The molecule has 2 rings (SSSR count). The van der Waals surface area contributed by atoms with Gasteiger partial charge in [-0.1, -0.05) is 6.42 Å². The Labute approximate surface area is 120 Å². The fraction of sp³-hybridized carbons (Fsp3) is 0.857. The van der Waals surface area contributed by atoms with E-state index in [1.54, 1.807) is 0 Å². The number of carbonyl (C=O) groups is 2. The quantitative estimate of drug-likeness (QED) is 0.805. The van der Waals surface area contributed by atoms with Crippen LogP contribution < -0.4 is 5.43 Å². The molecule has 0 aromatic heterocycles. The van der Waals surface area contributed by atoms with Crippen LogP contribution in [0.2, 0.25) is 0 Å². The van der Waals surface area contributed by atoms with Crippen molar-refractivity contribution in [2.24, 2.45) is 5.92 Å². The number of rotatable bonds is 5. The van der Waals surface area contributed by atoms with Crippen molar-refractivity contribution in [3.05, 3.63) is 0 Å². The molecule has 2 fully saturated rings. The molecule has 1 aliphatic heterocycles. The molecule has 2 amide bonds. The number of nitrogens with one attached hydrogen (secondary N) is 1. The second-order valence-electron chi connectivity index (χ2n) is 6.17. The molecule has 2 atom stereocenters. The van der Waals surface area contributed by atoms with Crippen molar-refractivity contribution in [3.8, 4) is 0 Å². The summed E-state index contributed by atoms with van der Waals surface area (Å²) in [4.78, 5) is 24.6. The molecule has 1 aliphatic carbocycles. The molecule has 114 valence electrons. The van der Waals surface area contributed by atoms with Crippen molar-refractivity contribution in [2.75, 3.05) is 13.1 Å². The van der Waals surface area contributed by atoms with E-state index >= 15 is 0 Å². The third-order valence-electron chi connectivity index (χ3n) is 4.21. The van der Waals surface area contributed by atoms with Crippen molar-refractivity contribution < 1.29 is 14.7 Å². The van der Waals surface area contributed by atoms with Gasteiger partial charge in [-0.25, -0.2) is 9.80 Å². The first kappa shape index (κ1) is 15.1. The number of nitrogens with zero attached hydrogens (tertiary/aromatic N) is 2. The zero-order chi connectivity index (χ0) is 14.7. The van der Waals surface area contributed by atoms with Crippen LogP contribution in [-0.4, -0.2) is 52.2 Å². The fourth-order valence-corrected chi connectivity index (χ4v) is 2.82. The van der Waals surface area contributed by atoms with E-state index in [0.717, 1.165) is 25.7 Å². The zero-order valence-corrected chi connectivity index (χ0v) is 12.3. The lowest BCUT2D eigenvalue weighted by molar-refractivity contribution is -0.137. The Kier molecular flexibility index (Phi) is 4.86. The molecule has 0 aromatic rings. The highest BCUT2D eigenvalue weighted by atomic mass is 16.4. The smallest absolute Gasteiger partial charge is 0.332 e. The Hall–Kier alpha value is -1.30. The van der Waals surface area contributed by atoms with Crippen LogP contribution in [-0.2, 0) is 4.79 Å². The third kappa shape index (κ3) is 4.10. The minimum absolute atomic E-state index is 0.223. The van der Waals surface area contributed by atoms with E-state index in [0.29, 0.717) is 24.5 Å². The summed E-state index contributed by atoms with van der Waals surface area (Å²) in [6.07, 6.45) is 5.49. The standard InChI is InChI=1S/C14H25N3O3/c1-10-4-3-5-11(2)17(10)15-14(20)16(9-13(18)19)8-12-6-7-12/h10-12H,3-9H2,1-2H3,(H,15,20)(H,18,19). The summed E-state index contributed by atoms with van der Waals surface area (Å²) in [6, 6.07) is 0.325. The molecular formula is C14H25N3O3. The highest BCUT2D eigenvalue weighted by molar-refractivity contribution is 5.79. The highest BCUT2D eigenvalue weighted by Crippen LogP contribution is 2.29. The largest absolute Gasteiger partial charge is 0.480 e. The summed E-state index contributed by atoms with van der Waals surface area (Å²) in [7, 11) is 0. The third-order valence-corrected chi connectivity index (χ3v) is 4.21. The van der Waals surface area contributed by atoms with Gasteiger partial charge < -0.3 is 10.0 Å². The van der Waals surface area contributed by atoms with Crippen molar-refractivity contribution in [1.29, 1.82) is 0 Å². The first-order valence-corrected chi connectivity index (χ1v) is 7.53. The molecule has 0 spiro atoms. The van der Waals surface area contributed by atoms with E-state index in [9.17, 15) is 9.59 Å². The minimum Gasteiger partial charge on any atom is -0.480 e. The molecule has 2 N–H and O–H groups in total. The zero-order valence-electron chi connectivity index (χ0n) is 12.3. The molecule has 1 heterocycles. The Bertz CT molecular complexity index is 361. The number of carboxylic acids is 1. The van der Waals surface area contributed by atoms with E-state index < -0.39 is 5.97 Å². The lowest BCUT2D eigenvalue weighted by atomic mass is 10.00. The molecule has 6 heteroatoms. The first-order chi connectivity index (χ1) is 9.47. The number of urea groups is 1. The number of carboxylic acid groups (broad SMARTS) is 1. The molecule has 1 saturated heterocycles. The molecular weight excluding hydrogens is 258 g/mol. The van der Waals surface area contributed by atoms with Gasteiger partial charge in [-0.2, -0.15) is 0 Å². The maximum Gasteiger partial charge on any atom is 0.332 e. The second-order valence-corrected chi connectivity index (χ2v) is 6.17. The van der Waals surface area contributed by atoms with Crippen LogP contribution in [0.15, 0.2) is 0 Å². The Morgan fingerprint density at radius 3 is 2.30 bits per heavy atom. The van der Waals surface area contributed by atoms with Gasteiger partial charge in [0.1, 0.15) is 6.54 Å². The van der Waals surface area contributed by atoms with E-state index in [2.05, 4.69) is 19.3 Å². The number of aliphatic carboxylic acids is 1. The van der Waals surface area contributed by atoms with Gasteiger partial charge >= 0.3 is 12.0 Å². The van der Waals surface area contributed by atoms with Crippen LogP contribution in [0.4, 0.5) is 4.79 Å². The molecule has 20 heavy (non-hydrogen) atoms. The van der Waals surface area contributed by atoms with Crippen LogP contribution in [0.25, 0.3) is 0 Å². The second kappa shape index (κ2) is 6.43. The van der Waals surface area contributed by atoms with Crippen molar-refractivity contribution >= 4 is 12.0 Å². The fourth-order valence-electron chi connectivity index (χ4n) is 2.82. The molecule has 0 bridgehead atoms. The maximum atomic E-state index is 12.3. The summed E-state index contributed by atoms with van der Waals surface area (Å²) in [5.74, 6) is -0.475. The van der Waals surface area contributed by atoms with Crippen LogP contribution >= 0.6 is 0 Å². The highest BCUT2D eigenvalue weighted by Gasteiger charge is 2.31. The Balaban J connectivity index is 1.93. The van der Waals surface area contributed by atoms with Crippen molar-refractivity contribution in [3.63, 3.8) is 0 Å². The monoisotopic (exact) mass is 283 g/mol. The average Bonchev–Trinajstić information content (AvgIpc) is 3.16. The van der Waals surface area contributed by atoms with Crippen LogP contribution in [0, 0.1) is 5.92 Å². The first-order valence-electron chi connectivity index (χ1n) is 7.53. The van der Waals surface area contributed by atoms with Gasteiger partial charge in [0.2, 0.25) is 0 Å². The number of piperidine rings is 1. The molecule has 6 nitrogen and oxygen atoms in total. The normalized spacial score (nSPS) is 27.1. The van der Waals surface area contributed by atoms with Gasteiger partial charge in [0.15, 0.2) is 0 Å². The molecule has 2 unspecified atom stereocenters. The van der Waals surface area contributed by atoms with Gasteiger partial charge in [0.25, 0.3) is 0 Å². The molecule has 0 radical (unpaired) electrons. The van der Waals surface area contributed by atoms with Crippen LogP contribution in [0.3, 0.4) is 0 Å². The Morgan fingerprint density at radius 2 is 1.80 bits per heavy atom. The van der Waals surface area contributed by atoms with Crippen molar-refractivity contribution in [2.45, 2.75) is 58.0 Å². The topological polar surface area (TPSA) is 72.9 Å². The molecule has 2 aliphatic rings. The average molecular weight is 283 g/mol. The maximum absolute atomic E-state index is 12.3. The van der Waals surface area contributed by atoms with Gasteiger partial charge in [-0.05, 0) is 45.4 Å². The number of hydrogen-bond acceptors (Lipinski definition) is 3. The van der Waals surface area contributed by atoms with E-state index in [1.165, 1.54) is 11.3 Å². The SMILES string of the molecule is CC1CCCC(C)N1NC(=O)N(CC(=O)O)CC1CC1. The van der Waals surface area contributed by atoms with Gasteiger partial charge in [0, 0.05) is 18.6 Å². The number of hydrazine groups is 1. The summed E-state index contributed by atoms with van der Waals surface area (Å²) in [5.41, 5.74) is 2.91. The summed E-state index contributed by atoms with van der Waals surface area (Å²) < 4.78 is 0. The van der Waals surface area contributed by atoms with Crippen LogP contribution in [0.5, 0.6) is 0 Å². The van der Waals surface area contributed by atoms with Crippen molar-refractivity contribution in [1.82, 2.24) is 15.3 Å². The predicted octanol–water partition coefficient (Wildman–Crippen LogP) is 1.67. The van der Waals surface area contributed by atoms with Gasteiger partial charge in [-0.15, -0.1) is 0 Å².